The minimum absolute atomic E-state index is 0.0424. The highest BCUT2D eigenvalue weighted by Gasteiger charge is 2.13. The predicted octanol–water partition coefficient (Wildman–Crippen LogP) is 3.30. The molecule has 0 radical (unpaired) electrons. The summed E-state index contributed by atoms with van der Waals surface area (Å²) in [7, 11) is 0. The molecule has 1 amide bonds. The number of amides is 1. The fourth-order valence-corrected chi connectivity index (χ4v) is 2.37. The van der Waals surface area contributed by atoms with Crippen LogP contribution in [-0.2, 0) is 11.4 Å². The fourth-order valence-electron chi connectivity index (χ4n) is 2.18. The number of nitrogens with one attached hydrogen (secondary N) is 1. The number of rotatable bonds is 6. The number of carbonyl (C=O) groups excluding carboxylic acids is 1. The molecule has 0 aliphatic carbocycles. The minimum atomic E-state index is -0.0646. The first-order valence-electron chi connectivity index (χ1n) is 7.14. The highest BCUT2D eigenvalue weighted by atomic mass is 35.5. The van der Waals surface area contributed by atoms with Crippen LogP contribution in [0.5, 0.6) is 0 Å². The van der Waals surface area contributed by atoms with Crippen molar-refractivity contribution >= 4 is 28.9 Å². The molecule has 2 aromatic rings. The predicted molar refractivity (Wildman–Crippen MR) is 90.3 cm³/mol. The molecule has 2 N–H and O–H groups in total. The molecule has 0 atom stereocenters. The summed E-state index contributed by atoms with van der Waals surface area (Å²) in [6, 6.07) is 14.7. The van der Waals surface area contributed by atoms with Gasteiger partial charge in [-0.1, -0.05) is 35.9 Å². The zero-order valence-corrected chi connectivity index (χ0v) is 13.2. The highest BCUT2D eigenvalue weighted by molar-refractivity contribution is 6.33. The van der Waals surface area contributed by atoms with Gasteiger partial charge in [0.1, 0.15) is 0 Å². The van der Waals surface area contributed by atoms with Crippen molar-refractivity contribution in [2.45, 2.75) is 13.5 Å². The summed E-state index contributed by atoms with van der Waals surface area (Å²) < 4.78 is 0. The van der Waals surface area contributed by atoms with E-state index in [1.165, 1.54) is 0 Å². The van der Waals surface area contributed by atoms with Gasteiger partial charge in [-0.05, 0) is 36.8 Å². The number of anilines is 2. The summed E-state index contributed by atoms with van der Waals surface area (Å²) >= 11 is 6.10. The van der Waals surface area contributed by atoms with Crippen LogP contribution in [0.15, 0.2) is 48.5 Å². The average molecular weight is 319 g/mol. The maximum absolute atomic E-state index is 12.4. The average Bonchev–Trinajstić information content (AvgIpc) is 2.56. The second-order valence-electron chi connectivity index (χ2n) is 4.80. The number of halogens is 1. The van der Waals surface area contributed by atoms with Crippen LogP contribution >= 0.6 is 11.6 Å². The van der Waals surface area contributed by atoms with Gasteiger partial charge in [-0.2, -0.15) is 0 Å². The second kappa shape index (κ2) is 7.82. The van der Waals surface area contributed by atoms with Crippen molar-refractivity contribution in [3.8, 4) is 0 Å². The van der Waals surface area contributed by atoms with Gasteiger partial charge in [0.15, 0.2) is 0 Å². The van der Waals surface area contributed by atoms with Gasteiger partial charge < -0.3 is 15.3 Å². The van der Waals surface area contributed by atoms with Crippen LogP contribution in [0.3, 0.4) is 0 Å². The van der Waals surface area contributed by atoms with E-state index in [0.29, 0.717) is 17.3 Å². The number of hydrogen-bond acceptors (Lipinski definition) is 3. The van der Waals surface area contributed by atoms with Crippen LogP contribution in [0.1, 0.15) is 12.5 Å². The van der Waals surface area contributed by atoms with Crippen LogP contribution < -0.4 is 10.2 Å². The van der Waals surface area contributed by atoms with Gasteiger partial charge in [0, 0.05) is 12.2 Å². The van der Waals surface area contributed by atoms with E-state index in [-0.39, 0.29) is 19.1 Å². The van der Waals surface area contributed by atoms with E-state index in [2.05, 4.69) is 5.32 Å². The first-order chi connectivity index (χ1) is 10.7. The standard InChI is InChI=1S/C17H19ClN2O2/c1-2-20(14-6-4-3-5-7-14)17(22)11-19-16-10-13(12-21)8-9-15(16)18/h3-10,19,21H,2,11-12H2,1H3. The molecule has 2 rings (SSSR count). The van der Waals surface area contributed by atoms with Crippen molar-refractivity contribution in [3.63, 3.8) is 0 Å². The molecule has 4 nitrogen and oxygen atoms in total. The van der Waals surface area contributed by atoms with Crippen LogP contribution in [0.4, 0.5) is 11.4 Å². The largest absolute Gasteiger partial charge is 0.392 e. The van der Waals surface area contributed by atoms with Crippen molar-refractivity contribution < 1.29 is 9.90 Å². The summed E-state index contributed by atoms with van der Waals surface area (Å²) in [5, 5.41) is 12.7. The van der Waals surface area contributed by atoms with Crippen LogP contribution in [0.25, 0.3) is 0 Å². The Morgan fingerprint density at radius 1 is 1.23 bits per heavy atom. The Labute approximate surface area is 135 Å². The summed E-state index contributed by atoms with van der Waals surface area (Å²) in [5.41, 5.74) is 2.26. The van der Waals surface area contributed by atoms with Crippen molar-refractivity contribution in [1.29, 1.82) is 0 Å². The molecule has 0 unspecified atom stereocenters. The maximum atomic E-state index is 12.4. The van der Waals surface area contributed by atoms with Crippen molar-refractivity contribution in [1.82, 2.24) is 0 Å². The molecule has 0 spiro atoms. The van der Waals surface area contributed by atoms with Crippen molar-refractivity contribution in [2.75, 3.05) is 23.3 Å². The van der Waals surface area contributed by atoms with Gasteiger partial charge in [-0.3, -0.25) is 4.79 Å². The molecule has 22 heavy (non-hydrogen) atoms. The maximum Gasteiger partial charge on any atom is 0.246 e. The van der Waals surface area contributed by atoms with E-state index in [1.54, 1.807) is 23.1 Å². The van der Waals surface area contributed by atoms with E-state index >= 15 is 0 Å². The molecule has 0 bridgehead atoms. The van der Waals surface area contributed by atoms with E-state index < -0.39 is 0 Å². The molecule has 0 aromatic heterocycles. The third-order valence-electron chi connectivity index (χ3n) is 3.33. The zero-order chi connectivity index (χ0) is 15.9. The van der Waals surface area contributed by atoms with Crippen molar-refractivity contribution in [2.24, 2.45) is 0 Å². The normalized spacial score (nSPS) is 10.3. The van der Waals surface area contributed by atoms with Gasteiger partial charge in [-0.15, -0.1) is 0 Å². The number of hydrogen-bond donors (Lipinski definition) is 2. The second-order valence-corrected chi connectivity index (χ2v) is 5.21. The van der Waals surface area contributed by atoms with Gasteiger partial charge >= 0.3 is 0 Å². The Bertz CT molecular complexity index is 632. The molecule has 0 fully saturated rings. The lowest BCUT2D eigenvalue weighted by atomic mass is 10.2. The lowest BCUT2D eigenvalue weighted by Gasteiger charge is -2.21. The number of aliphatic hydroxyl groups excluding tert-OH is 1. The fraction of sp³-hybridized carbons (Fsp3) is 0.235. The first-order valence-corrected chi connectivity index (χ1v) is 7.52. The van der Waals surface area contributed by atoms with Crippen LogP contribution in [0.2, 0.25) is 5.02 Å². The Kier molecular flexibility index (Phi) is 5.81. The van der Waals surface area contributed by atoms with E-state index in [4.69, 9.17) is 16.7 Å². The third-order valence-corrected chi connectivity index (χ3v) is 3.66. The SMILES string of the molecule is CCN(C(=O)CNc1cc(CO)ccc1Cl)c1ccccc1. The molecular formula is C17H19ClN2O2. The lowest BCUT2D eigenvalue weighted by molar-refractivity contribution is -0.116. The van der Waals surface area contributed by atoms with E-state index in [0.717, 1.165) is 11.3 Å². The number of likely N-dealkylation sites (N-methyl/N-ethyl adjacent to an activating group) is 1. The molecule has 0 heterocycles. The summed E-state index contributed by atoms with van der Waals surface area (Å²) in [4.78, 5) is 14.1. The Morgan fingerprint density at radius 2 is 1.95 bits per heavy atom. The van der Waals surface area contributed by atoms with E-state index in [9.17, 15) is 4.79 Å². The van der Waals surface area contributed by atoms with Crippen LogP contribution in [0, 0.1) is 0 Å². The first kappa shape index (κ1) is 16.3. The summed E-state index contributed by atoms with van der Waals surface area (Å²) in [6.07, 6.45) is 0. The molecule has 0 saturated heterocycles. The Morgan fingerprint density at radius 3 is 2.59 bits per heavy atom. The molecule has 116 valence electrons. The number of aliphatic hydroxyl groups is 1. The third kappa shape index (κ3) is 4.00. The number of carbonyl (C=O) groups is 1. The number of benzene rings is 2. The van der Waals surface area contributed by atoms with Gasteiger partial charge in [-0.25, -0.2) is 0 Å². The molecular weight excluding hydrogens is 300 g/mol. The quantitative estimate of drug-likeness (QED) is 0.859. The topological polar surface area (TPSA) is 52.6 Å². The monoisotopic (exact) mass is 318 g/mol. The summed E-state index contributed by atoms with van der Waals surface area (Å²) in [6.45, 7) is 2.60. The highest BCUT2D eigenvalue weighted by Crippen LogP contribution is 2.23. The number of nitrogens with zero attached hydrogens (tertiary/aromatic N) is 1. The number of para-hydroxylation sites is 1. The van der Waals surface area contributed by atoms with Crippen LogP contribution in [-0.4, -0.2) is 24.1 Å². The molecule has 0 saturated carbocycles. The zero-order valence-electron chi connectivity index (χ0n) is 12.4. The Balaban J connectivity index is 2.06. The molecule has 0 aliphatic heterocycles. The smallest absolute Gasteiger partial charge is 0.246 e. The lowest BCUT2D eigenvalue weighted by Crippen LogP contribution is -2.35. The van der Waals surface area contributed by atoms with Crippen molar-refractivity contribution in [3.05, 3.63) is 59.1 Å². The van der Waals surface area contributed by atoms with Gasteiger partial charge in [0.2, 0.25) is 5.91 Å². The summed E-state index contributed by atoms with van der Waals surface area (Å²) in [5.74, 6) is -0.0424. The minimum Gasteiger partial charge on any atom is -0.392 e. The molecule has 5 heteroatoms. The molecule has 0 aliphatic rings. The van der Waals surface area contributed by atoms with E-state index in [1.807, 2.05) is 37.3 Å². The molecule has 2 aromatic carbocycles. The Hall–Kier alpha value is -2.04. The van der Waals surface area contributed by atoms with Gasteiger partial charge in [0.05, 0.1) is 23.9 Å². The van der Waals surface area contributed by atoms with Gasteiger partial charge in [0.25, 0.3) is 0 Å².